The van der Waals surface area contributed by atoms with E-state index in [1.54, 1.807) is 25.3 Å². The molecular weight excluding hydrogens is 501 g/mol. The Hall–Kier alpha value is -3.34. The van der Waals surface area contributed by atoms with Crippen LogP contribution in [-0.2, 0) is 16.0 Å². The lowest BCUT2D eigenvalue weighted by Crippen LogP contribution is -2.53. The third kappa shape index (κ3) is 6.91. The van der Waals surface area contributed by atoms with E-state index in [1.807, 2.05) is 12.1 Å². The minimum absolute atomic E-state index is 0.187. The minimum atomic E-state index is -0.919. The standard InChI is InChI=1S/C26H29ClFN5O4/c1-37-15-21-8-9-33(21)14-18(26(35)36)11-20(30-25(34)24-13-29-32-31-24)10-16-2-4-17(5-3-16)22-12-19(27)6-7-23(22)28/h2-7,12-13,18,20-21H,8-11,14-15H2,1H3,(H,30,34)(H,35,36)(H,29,31,32)/t18-,20+,21-/m0/s1. The summed E-state index contributed by atoms with van der Waals surface area (Å²) in [5, 5.41) is 23.1. The number of aliphatic carboxylic acids is 1. The van der Waals surface area contributed by atoms with Crippen molar-refractivity contribution in [3.63, 3.8) is 0 Å². The Kier molecular flexibility index (Phi) is 8.86. The van der Waals surface area contributed by atoms with E-state index in [4.69, 9.17) is 16.3 Å². The number of benzene rings is 2. The zero-order chi connectivity index (χ0) is 26.4. The van der Waals surface area contributed by atoms with E-state index in [0.717, 1.165) is 18.5 Å². The van der Waals surface area contributed by atoms with Crippen LogP contribution in [-0.4, -0.2) is 76.2 Å². The van der Waals surface area contributed by atoms with Crippen LogP contribution in [0.1, 0.15) is 28.9 Å². The number of likely N-dealkylation sites (tertiary alicyclic amines) is 1. The van der Waals surface area contributed by atoms with Crippen LogP contribution < -0.4 is 5.32 Å². The highest BCUT2D eigenvalue weighted by molar-refractivity contribution is 6.30. The molecule has 0 radical (unpaired) electrons. The van der Waals surface area contributed by atoms with Gasteiger partial charge in [0.2, 0.25) is 0 Å². The summed E-state index contributed by atoms with van der Waals surface area (Å²) in [5.74, 6) is -2.41. The molecule has 1 fully saturated rings. The van der Waals surface area contributed by atoms with E-state index in [1.165, 1.54) is 18.3 Å². The number of H-pyrrole nitrogens is 1. The fraction of sp³-hybridized carbons (Fsp3) is 0.385. The van der Waals surface area contributed by atoms with Gasteiger partial charge in [0.1, 0.15) is 11.5 Å². The van der Waals surface area contributed by atoms with Crippen LogP contribution >= 0.6 is 11.6 Å². The van der Waals surface area contributed by atoms with Crippen molar-refractivity contribution in [2.24, 2.45) is 5.92 Å². The van der Waals surface area contributed by atoms with Crippen molar-refractivity contribution in [1.82, 2.24) is 25.6 Å². The van der Waals surface area contributed by atoms with Crippen molar-refractivity contribution in [2.45, 2.75) is 31.3 Å². The molecule has 3 atom stereocenters. The number of nitrogens with zero attached hydrogens (tertiary/aromatic N) is 3. The number of nitrogens with one attached hydrogen (secondary N) is 2. The third-order valence-electron chi connectivity index (χ3n) is 6.67. The molecule has 3 N–H and O–H groups in total. The van der Waals surface area contributed by atoms with Crippen LogP contribution in [0.4, 0.5) is 4.39 Å². The number of amides is 1. The van der Waals surface area contributed by atoms with Crippen LogP contribution in [0.5, 0.6) is 0 Å². The zero-order valence-corrected chi connectivity index (χ0v) is 21.1. The number of rotatable bonds is 12. The first-order valence-electron chi connectivity index (χ1n) is 12.0. The Balaban J connectivity index is 1.50. The molecule has 37 heavy (non-hydrogen) atoms. The number of carbonyl (C=O) groups excluding carboxylic acids is 1. The molecule has 1 aliphatic heterocycles. The third-order valence-corrected chi connectivity index (χ3v) is 6.90. The maximum atomic E-state index is 14.3. The Labute approximate surface area is 219 Å². The number of aromatic nitrogens is 3. The van der Waals surface area contributed by atoms with E-state index in [9.17, 15) is 19.1 Å². The van der Waals surface area contributed by atoms with Gasteiger partial charge < -0.3 is 15.2 Å². The van der Waals surface area contributed by atoms with Gasteiger partial charge in [-0.25, -0.2) is 4.39 Å². The molecule has 1 saturated heterocycles. The molecule has 1 amide bonds. The molecule has 11 heteroatoms. The molecule has 0 spiro atoms. The molecule has 0 unspecified atom stereocenters. The number of carboxylic acids is 1. The largest absolute Gasteiger partial charge is 0.481 e. The summed E-state index contributed by atoms with van der Waals surface area (Å²) in [6.45, 7) is 1.74. The van der Waals surface area contributed by atoms with E-state index in [0.29, 0.717) is 35.7 Å². The summed E-state index contributed by atoms with van der Waals surface area (Å²) in [7, 11) is 1.63. The average Bonchev–Trinajstić information content (AvgIpc) is 3.41. The van der Waals surface area contributed by atoms with Crippen LogP contribution in [0.15, 0.2) is 48.7 Å². The van der Waals surface area contributed by atoms with Crippen LogP contribution in [0.2, 0.25) is 5.02 Å². The molecule has 0 bridgehead atoms. The summed E-state index contributed by atoms with van der Waals surface area (Å²) in [4.78, 5) is 27.0. The van der Waals surface area contributed by atoms with Gasteiger partial charge in [0.15, 0.2) is 0 Å². The fourth-order valence-electron chi connectivity index (χ4n) is 4.58. The second-order valence-electron chi connectivity index (χ2n) is 9.23. The second kappa shape index (κ2) is 12.3. The Morgan fingerprint density at radius 2 is 2.08 bits per heavy atom. The van der Waals surface area contributed by atoms with Gasteiger partial charge >= 0.3 is 5.97 Å². The van der Waals surface area contributed by atoms with Crippen molar-refractivity contribution < 1.29 is 23.8 Å². The lowest BCUT2D eigenvalue weighted by molar-refractivity contribution is -0.144. The number of methoxy groups -OCH3 is 1. The van der Waals surface area contributed by atoms with Crippen molar-refractivity contribution >= 4 is 23.5 Å². The predicted molar refractivity (Wildman–Crippen MR) is 136 cm³/mol. The maximum Gasteiger partial charge on any atom is 0.307 e. The van der Waals surface area contributed by atoms with Gasteiger partial charge in [0.25, 0.3) is 5.91 Å². The van der Waals surface area contributed by atoms with E-state index >= 15 is 0 Å². The van der Waals surface area contributed by atoms with Crippen molar-refractivity contribution in [3.8, 4) is 11.1 Å². The first-order chi connectivity index (χ1) is 17.8. The van der Waals surface area contributed by atoms with Crippen LogP contribution in [0.25, 0.3) is 11.1 Å². The van der Waals surface area contributed by atoms with Crippen molar-refractivity contribution in [1.29, 1.82) is 0 Å². The van der Waals surface area contributed by atoms with Gasteiger partial charge in [-0.15, -0.1) is 5.10 Å². The quantitative estimate of drug-likeness (QED) is 0.329. The topological polar surface area (TPSA) is 120 Å². The van der Waals surface area contributed by atoms with Gasteiger partial charge in [0, 0.05) is 42.9 Å². The van der Waals surface area contributed by atoms with E-state index in [-0.39, 0.29) is 24.0 Å². The van der Waals surface area contributed by atoms with Gasteiger partial charge in [-0.1, -0.05) is 41.1 Å². The SMILES string of the molecule is COC[C@@H]1CCN1C[C@H](C[C@@H](Cc1ccc(-c2cc(Cl)ccc2F)cc1)NC(=O)c1cnn[nH]1)C(=O)O. The zero-order valence-electron chi connectivity index (χ0n) is 20.4. The highest BCUT2D eigenvalue weighted by Gasteiger charge is 2.33. The lowest BCUT2D eigenvalue weighted by Gasteiger charge is -2.42. The lowest BCUT2D eigenvalue weighted by atomic mass is 9.91. The monoisotopic (exact) mass is 529 g/mol. The van der Waals surface area contributed by atoms with Gasteiger partial charge in [-0.05, 0) is 48.6 Å². The molecule has 0 aliphatic carbocycles. The highest BCUT2D eigenvalue weighted by Crippen LogP contribution is 2.27. The number of hydrogen-bond acceptors (Lipinski definition) is 6. The molecular formula is C26H29ClFN5O4. The molecule has 0 saturated carbocycles. The first kappa shape index (κ1) is 26.7. The summed E-state index contributed by atoms with van der Waals surface area (Å²) >= 11 is 6.03. The number of halogens is 2. The van der Waals surface area contributed by atoms with Crippen LogP contribution in [0, 0.1) is 11.7 Å². The average molecular weight is 530 g/mol. The smallest absolute Gasteiger partial charge is 0.307 e. The molecule has 9 nitrogen and oxygen atoms in total. The Bertz CT molecular complexity index is 1210. The van der Waals surface area contributed by atoms with E-state index < -0.39 is 23.8 Å². The number of carbonyl (C=O) groups is 2. The molecule has 1 aromatic heterocycles. The number of carboxylic acid groups (broad SMARTS) is 1. The molecule has 3 aromatic rings. The molecule has 2 heterocycles. The molecule has 2 aromatic carbocycles. The number of ether oxygens (including phenoxy) is 1. The van der Waals surface area contributed by atoms with Crippen molar-refractivity contribution in [3.05, 3.63) is 70.8 Å². The van der Waals surface area contributed by atoms with Crippen LogP contribution in [0.3, 0.4) is 0 Å². The Morgan fingerprint density at radius 1 is 1.30 bits per heavy atom. The predicted octanol–water partition coefficient (Wildman–Crippen LogP) is 3.42. The maximum absolute atomic E-state index is 14.3. The summed E-state index contributed by atoms with van der Waals surface area (Å²) in [5.41, 5.74) is 2.11. The molecule has 1 aliphatic rings. The van der Waals surface area contributed by atoms with Gasteiger partial charge in [-0.3, -0.25) is 19.6 Å². The van der Waals surface area contributed by atoms with E-state index in [2.05, 4.69) is 25.6 Å². The fourth-order valence-corrected chi connectivity index (χ4v) is 4.76. The number of aromatic amines is 1. The van der Waals surface area contributed by atoms with Gasteiger partial charge in [-0.2, -0.15) is 0 Å². The summed E-state index contributed by atoms with van der Waals surface area (Å²) in [6.07, 6.45) is 2.89. The van der Waals surface area contributed by atoms with Gasteiger partial charge in [0.05, 0.1) is 18.7 Å². The Morgan fingerprint density at radius 3 is 2.70 bits per heavy atom. The first-order valence-corrected chi connectivity index (χ1v) is 12.4. The summed E-state index contributed by atoms with van der Waals surface area (Å²) < 4.78 is 19.5. The molecule has 196 valence electrons. The number of hydrogen-bond donors (Lipinski definition) is 3. The van der Waals surface area contributed by atoms with Crippen molar-refractivity contribution in [2.75, 3.05) is 26.8 Å². The minimum Gasteiger partial charge on any atom is -0.481 e. The second-order valence-corrected chi connectivity index (χ2v) is 9.67. The normalized spacial score (nSPS) is 17.1. The summed E-state index contributed by atoms with van der Waals surface area (Å²) in [6, 6.07) is 11.4. The highest BCUT2D eigenvalue weighted by atomic mass is 35.5. The molecule has 4 rings (SSSR count).